The summed E-state index contributed by atoms with van der Waals surface area (Å²) in [5, 5.41) is 2.93. The van der Waals surface area contributed by atoms with Crippen LogP contribution < -0.4 is 19.5 Å². The predicted molar refractivity (Wildman–Crippen MR) is 93.7 cm³/mol. The van der Waals surface area contributed by atoms with E-state index in [-0.39, 0.29) is 12.7 Å². The number of hydrogen-bond donors (Lipinski definition) is 1. The van der Waals surface area contributed by atoms with E-state index in [1.165, 1.54) is 0 Å². The molecule has 2 aromatic carbocycles. The first-order valence-electron chi connectivity index (χ1n) is 8.11. The molecule has 0 aliphatic carbocycles. The first-order valence-corrected chi connectivity index (χ1v) is 8.11. The maximum absolute atomic E-state index is 12.1. The normalized spacial score (nSPS) is 12.3. The van der Waals surface area contributed by atoms with Crippen LogP contribution in [0.4, 0.5) is 0 Å². The Morgan fingerprint density at radius 3 is 2.60 bits per heavy atom. The van der Waals surface area contributed by atoms with Gasteiger partial charge in [-0.3, -0.25) is 9.69 Å². The maximum atomic E-state index is 12.1. The van der Waals surface area contributed by atoms with E-state index in [2.05, 4.69) is 5.32 Å². The second-order valence-electron chi connectivity index (χ2n) is 5.98. The Kier molecular flexibility index (Phi) is 5.40. The van der Waals surface area contributed by atoms with Crippen LogP contribution in [0.1, 0.15) is 11.1 Å². The molecule has 0 bridgehead atoms. The molecule has 3 rings (SSSR count). The number of fused-ring (bicyclic) bond motifs is 1. The first kappa shape index (κ1) is 17.1. The number of carbonyl (C=O) groups is 1. The molecule has 1 aliphatic heterocycles. The Balaban J connectivity index is 1.45. The van der Waals surface area contributed by atoms with Crippen molar-refractivity contribution in [2.45, 2.75) is 13.1 Å². The van der Waals surface area contributed by atoms with Gasteiger partial charge in [0.1, 0.15) is 5.75 Å². The molecule has 0 saturated heterocycles. The van der Waals surface area contributed by atoms with Crippen molar-refractivity contribution in [3.63, 3.8) is 0 Å². The molecule has 0 unspecified atom stereocenters. The zero-order valence-electron chi connectivity index (χ0n) is 14.5. The molecule has 0 aromatic heterocycles. The maximum Gasteiger partial charge on any atom is 0.234 e. The highest BCUT2D eigenvalue weighted by atomic mass is 16.7. The Hall–Kier alpha value is -2.73. The van der Waals surface area contributed by atoms with Crippen LogP contribution in [0.3, 0.4) is 0 Å². The van der Waals surface area contributed by atoms with Gasteiger partial charge in [-0.1, -0.05) is 18.2 Å². The number of ether oxygens (including phenoxy) is 3. The van der Waals surface area contributed by atoms with E-state index >= 15 is 0 Å². The van der Waals surface area contributed by atoms with Crippen molar-refractivity contribution in [2.75, 3.05) is 27.5 Å². The predicted octanol–water partition coefficient (Wildman–Crippen LogP) is 2.17. The number of amides is 1. The fraction of sp³-hybridized carbons (Fsp3) is 0.316. The summed E-state index contributed by atoms with van der Waals surface area (Å²) in [5.74, 6) is 2.32. The highest BCUT2D eigenvalue weighted by molar-refractivity contribution is 5.78. The van der Waals surface area contributed by atoms with Gasteiger partial charge in [0.25, 0.3) is 0 Å². The van der Waals surface area contributed by atoms with Gasteiger partial charge in [-0.2, -0.15) is 0 Å². The Morgan fingerprint density at radius 1 is 1.12 bits per heavy atom. The van der Waals surface area contributed by atoms with Crippen molar-refractivity contribution in [3.05, 3.63) is 53.6 Å². The monoisotopic (exact) mass is 342 g/mol. The molecule has 2 aromatic rings. The second-order valence-corrected chi connectivity index (χ2v) is 5.98. The number of methoxy groups -OCH3 is 1. The molecule has 1 aliphatic rings. The van der Waals surface area contributed by atoms with Crippen molar-refractivity contribution in [1.29, 1.82) is 0 Å². The van der Waals surface area contributed by atoms with Crippen molar-refractivity contribution in [3.8, 4) is 17.2 Å². The molecule has 0 saturated carbocycles. The number of nitrogens with zero attached hydrogens (tertiary/aromatic N) is 1. The zero-order chi connectivity index (χ0) is 17.6. The number of nitrogens with one attached hydrogen (secondary N) is 1. The lowest BCUT2D eigenvalue weighted by Gasteiger charge is -2.16. The second kappa shape index (κ2) is 7.90. The third-order valence-electron chi connectivity index (χ3n) is 3.95. The molecule has 6 nitrogen and oxygen atoms in total. The van der Waals surface area contributed by atoms with Gasteiger partial charge in [-0.15, -0.1) is 0 Å². The van der Waals surface area contributed by atoms with Gasteiger partial charge in [-0.25, -0.2) is 0 Å². The molecular weight excluding hydrogens is 320 g/mol. The van der Waals surface area contributed by atoms with Gasteiger partial charge in [0.05, 0.1) is 13.7 Å². The average molecular weight is 342 g/mol. The zero-order valence-corrected chi connectivity index (χ0v) is 14.5. The molecule has 0 radical (unpaired) electrons. The van der Waals surface area contributed by atoms with Crippen molar-refractivity contribution >= 4 is 5.91 Å². The molecule has 0 spiro atoms. The third kappa shape index (κ3) is 4.64. The Morgan fingerprint density at radius 2 is 1.84 bits per heavy atom. The Bertz CT molecular complexity index is 731. The van der Waals surface area contributed by atoms with E-state index in [0.717, 1.165) is 28.4 Å². The Labute approximate surface area is 147 Å². The first-order chi connectivity index (χ1) is 12.1. The fourth-order valence-corrected chi connectivity index (χ4v) is 2.65. The summed E-state index contributed by atoms with van der Waals surface area (Å²) in [5.41, 5.74) is 2.11. The number of rotatable bonds is 7. The fourth-order valence-electron chi connectivity index (χ4n) is 2.65. The molecule has 1 amide bonds. The lowest BCUT2D eigenvalue weighted by atomic mass is 10.2. The van der Waals surface area contributed by atoms with E-state index < -0.39 is 0 Å². The van der Waals surface area contributed by atoms with E-state index in [9.17, 15) is 4.79 Å². The third-order valence-corrected chi connectivity index (χ3v) is 3.95. The van der Waals surface area contributed by atoms with E-state index in [0.29, 0.717) is 19.6 Å². The highest BCUT2D eigenvalue weighted by Crippen LogP contribution is 2.32. The molecule has 0 fully saturated rings. The smallest absolute Gasteiger partial charge is 0.234 e. The largest absolute Gasteiger partial charge is 0.497 e. The summed E-state index contributed by atoms with van der Waals surface area (Å²) in [6.45, 7) is 1.75. The summed E-state index contributed by atoms with van der Waals surface area (Å²) in [6, 6.07) is 13.5. The lowest BCUT2D eigenvalue weighted by Crippen LogP contribution is -2.34. The van der Waals surface area contributed by atoms with Crippen molar-refractivity contribution < 1.29 is 19.0 Å². The van der Waals surface area contributed by atoms with Crippen LogP contribution in [0.15, 0.2) is 42.5 Å². The van der Waals surface area contributed by atoms with Gasteiger partial charge in [0.2, 0.25) is 12.7 Å². The molecule has 6 heteroatoms. The van der Waals surface area contributed by atoms with Gasteiger partial charge in [0, 0.05) is 13.1 Å². The van der Waals surface area contributed by atoms with Crippen LogP contribution in [0.25, 0.3) is 0 Å². The van der Waals surface area contributed by atoms with Crippen LogP contribution in [-0.4, -0.2) is 38.3 Å². The van der Waals surface area contributed by atoms with Gasteiger partial charge in [0.15, 0.2) is 11.5 Å². The summed E-state index contributed by atoms with van der Waals surface area (Å²) in [7, 11) is 3.55. The van der Waals surface area contributed by atoms with E-state index in [4.69, 9.17) is 14.2 Å². The van der Waals surface area contributed by atoms with Crippen LogP contribution in [0.5, 0.6) is 17.2 Å². The molecule has 1 heterocycles. The minimum absolute atomic E-state index is 0.0148. The molecular formula is C19H22N2O4. The van der Waals surface area contributed by atoms with Crippen LogP contribution in [0, 0.1) is 0 Å². The van der Waals surface area contributed by atoms with Crippen LogP contribution >= 0.6 is 0 Å². The van der Waals surface area contributed by atoms with Gasteiger partial charge < -0.3 is 19.5 Å². The number of hydrogen-bond acceptors (Lipinski definition) is 5. The quantitative estimate of drug-likeness (QED) is 0.836. The molecule has 25 heavy (non-hydrogen) atoms. The van der Waals surface area contributed by atoms with Crippen molar-refractivity contribution in [1.82, 2.24) is 10.2 Å². The number of likely N-dealkylation sites (N-methyl/N-ethyl adjacent to an activating group) is 1. The number of benzene rings is 2. The summed E-state index contributed by atoms with van der Waals surface area (Å²) >= 11 is 0. The van der Waals surface area contributed by atoms with E-state index in [1.807, 2.05) is 54.4 Å². The van der Waals surface area contributed by atoms with Crippen LogP contribution in [-0.2, 0) is 17.9 Å². The standard InChI is InChI=1S/C19H22N2O4/c1-21(11-15-5-8-17-18(9-15)25-13-24-17)12-19(22)20-10-14-3-6-16(23-2)7-4-14/h3-9H,10-13H2,1-2H3,(H,20,22). The van der Waals surface area contributed by atoms with Crippen molar-refractivity contribution in [2.24, 2.45) is 0 Å². The molecule has 0 atom stereocenters. The minimum Gasteiger partial charge on any atom is -0.497 e. The summed E-state index contributed by atoms with van der Waals surface area (Å²) < 4.78 is 15.8. The topological polar surface area (TPSA) is 60.0 Å². The lowest BCUT2D eigenvalue weighted by molar-refractivity contribution is -0.122. The SMILES string of the molecule is COc1ccc(CNC(=O)CN(C)Cc2ccc3c(c2)OCO3)cc1. The highest BCUT2D eigenvalue weighted by Gasteiger charge is 2.14. The van der Waals surface area contributed by atoms with Crippen LogP contribution in [0.2, 0.25) is 0 Å². The van der Waals surface area contributed by atoms with Gasteiger partial charge in [-0.05, 0) is 42.4 Å². The molecule has 1 N–H and O–H groups in total. The molecule has 132 valence electrons. The van der Waals surface area contributed by atoms with E-state index in [1.54, 1.807) is 7.11 Å². The summed E-state index contributed by atoms with van der Waals surface area (Å²) in [6.07, 6.45) is 0. The average Bonchev–Trinajstić information content (AvgIpc) is 3.08. The number of carbonyl (C=O) groups excluding carboxylic acids is 1. The minimum atomic E-state index is -0.0148. The summed E-state index contributed by atoms with van der Waals surface area (Å²) in [4.78, 5) is 14.1. The van der Waals surface area contributed by atoms with Gasteiger partial charge >= 0.3 is 0 Å².